The van der Waals surface area contributed by atoms with Crippen LogP contribution in [-0.2, 0) is 27.3 Å². The van der Waals surface area contributed by atoms with Crippen molar-refractivity contribution in [1.29, 1.82) is 0 Å². The van der Waals surface area contributed by atoms with E-state index in [9.17, 15) is 19.8 Å². The minimum Gasteiger partial charge on any atom is -0.504 e. The molecule has 2 aromatic carbocycles. The number of nitrogens with two attached hydrogens (primary N) is 1. The van der Waals surface area contributed by atoms with Crippen LogP contribution in [0, 0.1) is 28.1 Å². The van der Waals surface area contributed by atoms with E-state index in [0.717, 1.165) is 74.7 Å². The van der Waals surface area contributed by atoms with Crippen LogP contribution < -0.4 is 15.8 Å². The summed E-state index contributed by atoms with van der Waals surface area (Å²) in [5.74, 6) is 3.00. The fraction of sp³-hybridized carbons (Fsp3) is 0.707. The van der Waals surface area contributed by atoms with E-state index in [-0.39, 0.29) is 57.6 Å². The first-order valence-corrected chi connectivity index (χ1v) is 30.1. The van der Waals surface area contributed by atoms with Gasteiger partial charge >= 0.3 is 5.97 Å². The fourth-order valence-electron chi connectivity index (χ4n) is 16.5. The summed E-state index contributed by atoms with van der Waals surface area (Å²) in [5, 5.41) is 28.1. The third-order valence-electron chi connectivity index (χ3n) is 20.0. The Morgan fingerprint density at radius 1 is 0.886 bits per heavy atom. The number of carbonyl (C=O) groups excluding carboxylic acids is 2. The van der Waals surface area contributed by atoms with Gasteiger partial charge in [0.25, 0.3) is 0 Å². The molecule has 9 unspecified atom stereocenters. The maximum atomic E-state index is 14.8. The van der Waals surface area contributed by atoms with Gasteiger partial charge in [-0.2, -0.15) is 0 Å². The third kappa shape index (κ3) is 9.10. The maximum absolute atomic E-state index is 14.8. The molecule has 1 saturated heterocycles. The number of ether oxygens (including phenoxy) is 2. The molecule has 0 aromatic heterocycles. The van der Waals surface area contributed by atoms with E-state index in [4.69, 9.17) is 20.2 Å². The first kappa shape index (κ1) is 48.9. The molecular weight excluding hydrogens is 913 g/mol. The van der Waals surface area contributed by atoms with Gasteiger partial charge in [-0.05, 0) is 150 Å². The molecule has 4 heterocycles. The van der Waals surface area contributed by atoms with Gasteiger partial charge in [0.15, 0.2) is 17.5 Å². The predicted octanol–water partition coefficient (Wildman–Crippen LogP) is 11.8. The average molecular weight is 993 g/mol. The number of nitrogens with one attached hydrogen (secondary N) is 1. The van der Waals surface area contributed by atoms with Crippen LogP contribution in [0.15, 0.2) is 53.5 Å². The second-order valence-corrected chi connectivity index (χ2v) is 26.6. The zero-order valence-corrected chi connectivity index (χ0v) is 43.5. The van der Waals surface area contributed by atoms with Crippen LogP contribution in [0.25, 0.3) is 0 Å². The summed E-state index contributed by atoms with van der Waals surface area (Å²) < 4.78 is 13.1. The Bertz CT molecular complexity index is 2310. The van der Waals surface area contributed by atoms with Crippen LogP contribution >= 0.6 is 21.6 Å². The predicted molar refractivity (Wildman–Crippen MR) is 281 cm³/mol. The number of hydrogen-bond acceptors (Lipinski definition) is 11. The second kappa shape index (κ2) is 19.8. The number of esters is 1. The molecule has 4 aliphatic heterocycles. The van der Waals surface area contributed by atoms with Crippen molar-refractivity contribution < 1.29 is 29.3 Å². The monoisotopic (exact) mass is 993 g/mol. The summed E-state index contributed by atoms with van der Waals surface area (Å²) in [5.41, 5.74) is 11.0. The van der Waals surface area contributed by atoms with Crippen LogP contribution in [0.5, 0.6) is 11.5 Å². The van der Waals surface area contributed by atoms with Crippen molar-refractivity contribution in [2.24, 2.45) is 38.8 Å². The third-order valence-corrected chi connectivity index (χ3v) is 23.4. The minimum absolute atomic E-state index is 0.0965. The number of aliphatic hydroxyl groups excluding tert-OH is 1. The summed E-state index contributed by atoms with van der Waals surface area (Å²) in [7, 11) is 4.16. The first-order valence-electron chi connectivity index (χ1n) is 27.8. The molecule has 6 aliphatic carbocycles. The zero-order chi connectivity index (χ0) is 48.1. The molecule has 6 bridgehead atoms. The number of fused-ring (bicyclic) bond motifs is 4. The highest BCUT2D eigenvalue weighted by molar-refractivity contribution is 8.77. The zero-order valence-electron chi connectivity index (χ0n) is 41.9. The van der Waals surface area contributed by atoms with Crippen molar-refractivity contribution in [3.8, 4) is 11.5 Å². The number of rotatable bonds is 2. The summed E-state index contributed by atoms with van der Waals surface area (Å²) in [4.78, 5) is 34.6. The number of aliphatic imine (C=N–C) groups is 1. The number of aryl methyl sites for hydroxylation is 1. The van der Waals surface area contributed by atoms with Crippen LogP contribution in [0.4, 0.5) is 0 Å². The van der Waals surface area contributed by atoms with E-state index in [1.807, 2.05) is 4.90 Å². The Kier molecular flexibility index (Phi) is 13.8. The van der Waals surface area contributed by atoms with Gasteiger partial charge in [0.1, 0.15) is 16.6 Å². The number of allylic oxidation sites excluding steroid dienone is 1. The second-order valence-electron chi connectivity index (χ2n) is 24.0. The Labute approximate surface area is 425 Å². The van der Waals surface area contributed by atoms with Gasteiger partial charge in [0.05, 0.1) is 6.10 Å². The lowest BCUT2D eigenvalue weighted by Gasteiger charge is -2.44. The normalized spacial score (nSPS) is 36.3. The van der Waals surface area contributed by atoms with Gasteiger partial charge in [-0.25, -0.2) is 0 Å². The number of aromatic hydroxyl groups is 1. The van der Waals surface area contributed by atoms with Gasteiger partial charge in [-0.3, -0.25) is 14.6 Å². The van der Waals surface area contributed by atoms with Crippen molar-refractivity contribution in [2.75, 3.05) is 18.8 Å². The largest absolute Gasteiger partial charge is 0.504 e. The summed E-state index contributed by atoms with van der Waals surface area (Å²) >= 11 is 0. The number of phenols is 1. The first-order chi connectivity index (χ1) is 33.9. The molecular formula is C58H80N4O6S2. The van der Waals surface area contributed by atoms with Crippen molar-refractivity contribution in [3.63, 3.8) is 0 Å². The van der Waals surface area contributed by atoms with E-state index in [1.54, 1.807) is 0 Å². The van der Waals surface area contributed by atoms with E-state index in [1.165, 1.54) is 83.1 Å². The molecule has 9 atom stereocenters. The Morgan fingerprint density at radius 3 is 2.46 bits per heavy atom. The number of amides is 1. The van der Waals surface area contributed by atoms with Crippen LogP contribution in [-0.4, -0.2) is 74.5 Å². The molecule has 10 nitrogen and oxygen atoms in total. The number of phenolic OH excluding ortho intramolecular Hbond substituents is 1. The van der Waals surface area contributed by atoms with Gasteiger partial charge < -0.3 is 35.6 Å². The molecule has 380 valence electrons. The average Bonchev–Trinajstić information content (AvgIpc) is 4.21. The standard InChI is InChI=1S/C58H80N4O6S2/c1-39(63)67-47-19-17-41-31-43(51(66)52-50(41)42-21-30-57(68-52)28-11-15-44(57)32-42)36-62-37-56(34-49(62)65)45(18-20-48(56)40-13-3-2-4-14-40)35-60-53(59)61-58(29-12-27-55(58)25-9-10-26-55)70-69-38-54(23-7-8-24-54)22-6-5-16-46(64)33-47/h2-4,13-14,21,30-31,42,44-48,64,66H,5-12,15-20,22-29,32-38H2,1H3,(H3,59,60,61). The van der Waals surface area contributed by atoms with Gasteiger partial charge in [-0.1, -0.05) is 96.5 Å². The lowest BCUT2D eigenvalue weighted by molar-refractivity contribution is -0.148. The molecule has 5 saturated carbocycles. The minimum atomic E-state index is -0.573. The van der Waals surface area contributed by atoms with Crippen molar-refractivity contribution in [1.82, 2.24) is 10.2 Å². The van der Waals surface area contributed by atoms with Crippen LogP contribution in [0.1, 0.15) is 195 Å². The number of nitrogens with zero attached hydrogens (tertiary/aromatic N) is 2. The highest BCUT2D eigenvalue weighted by Gasteiger charge is 2.59. The topological polar surface area (TPSA) is 147 Å². The number of guanidine groups is 1. The number of aliphatic hydroxyl groups is 1. The van der Waals surface area contributed by atoms with E-state index in [0.29, 0.717) is 73.8 Å². The molecule has 2 aromatic rings. The van der Waals surface area contributed by atoms with Crippen molar-refractivity contribution in [2.45, 2.75) is 209 Å². The molecule has 12 heteroatoms. The van der Waals surface area contributed by atoms with Crippen LogP contribution in [0.2, 0.25) is 0 Å². The Balaban J connectivity index is 0.951. The number of hydrogen-bond donors (Lipinski definition) is 4. The number of benzene rings is 2. The van der Waals surface area contributed by atoms with E-state index < -0.39 is 17.8 Å². The molecule has 5 spiro atoms. The van der Waals surface area contributed by atoms with Crippen LogP contribution in [0.3, 0.4) is 0 Å². The summed E-state index contributed by atoms with van der Waals surface area (Å²) in [6.45, 7) is 2.90. The van der Waals surface area contributed by atoms with Gasteiger partial charge in [0.2, 0.25) is 5.91 Å². The summed E-state index contributed by atoms with van der Waals surface area (Å²) in [6, 6.07) is 12.9. The quantitative estimate of drug-likeness (QED) is 0.130. The molecule has 6 fully saturated rings. The van der Waals surface area contributed by atoms with Gasteiger partial charge in [-0.15, -0.1) is 0 Å². The van der Waals surface area contributed by atoms with Crippen molar-refractivity contribution >= 4 is 39.4 Å². The van der Waals surface area contributed by atoms with Gasteiger partial charge in [0, 0.05) is 78.9 Å². The maximum Gasteiger partial charge on any atom is 0.302 e. The molecule has 12 rings (SSSR count). The molecule has 10 aliphatic rings. The lowest BCUT2D eigenvalue weighted by atomic mass is 9.68. The van der Waals surface area contributed by atoms with E-state index in [2.05, 4.69) is 75.5 Å². The molecule has 1 amide bonds. The highest BCUT2D eigenvalue weighted by atomic mass is 33.1. The fourth-order valence-corrected chi connectivity index (χ4v) is 20.7. The highest BCUT2D eigenvalue weighted by Crippen LogP contribution is 2.65. The lowest BCUT2D eigenvalue weighted by Crippen LogP contribution is -2.55. The summed E-state index contributed by atoms with van der Waals surface area (Å²) in [6.07, 6.45) is 29.1. The SMILES string of the molecule is CC(=O)OC1CCc2cc(c(O)c3c2C2C=CC4(CCCC4C2)O3)CN2CC3(CC2=O)C(CCC3c2ccccc2)CN=C(N)NC2(CCCC23CCCC3)SSCC2(CCCCC(O)C1)CCCC2. The number of carbonyl (C=O) groups is 2. The Morgan fingerprint density at radius 2 is 1.66 bits per heavy atom. The van der Waals surface area contributed by atoms with Crippen molar-refractivity contribution in [3.05, 3.63) is 70.8 Å². The molecule has 5 N–H and O–H groups in total. The Hall–Kier alpha value is -3.35. The molecule has 70 heavy (non-hydrogen) atoms. The molecule has 0 radical (unpaired) electrons. The smallest absolute Gasteiger partial charge is 0.302 e. The van der Waals surface area contributed by atoms with E-state index >= 15 is 0 Å².